The normalized spacial score (nSPS) is 11.2. The van der Waals surface area contributed by atoms with E-state index in [4.69, 9.17) is 16.3 Å². The molecule has 3 heterocycles. The molecule has 0 fully saturated rings. The average molecular weight is 409 g/mol. The van der Waals surface area contributed by atoms with Gasteiger partial charge in [0.15, 0.2) is 5.01 Å². The number of H-pyrrole nitrogens is 1. The molecule has 0 unspecified atom stereocenters. The Morgan fingerprint density at radius 2 is 1.86 bits per heavy atom. The zero-order valence-electron chi connectivity index (χ0n) is 14.4. The largest absolute Gasteiger partial charge is 0.485 e. The molecule has 0 saturated carbocycles. The summed E-state index contributed by atoms with van der Waals surface area (Å²) in [5.74, 6) is 1.22. The van der Waals surface area contributed by atoms with E-state index < -0.39 is 0 Å². The summed E-state index contributed by atoms with van der Waals surface area (Å²) in [7, 11) is 0. The van der Waals surface area contributed by atoms with Crippen molar-refractivity contribution in [2.24, 2.45) is 0 Å². The molecule has 1 N–H and O–H groups in total. The predicted molar refractivity (Wildman–Crippen MR) is 107 cm³/mol. The Hall–Kier alpha value is -3.23. The van der Waals surface area contributed by atoms with Crippen LogP contribution in [0.1, 0.15) is 5.01 Å². The van der Waals surface area contributed by atoms with Crippen LogP contribution in [0.15, 0.2) is 60.7 Å². The Morgan fingerprint density at radius 1 is 1.04 bits per heavy atom. The van der Waals surface area contributed by atoms with Gasteiger partial charge in [-0.1, -0.05) is 65.4 Å². The number of rotatable bonds is 5. The van der Waals surface area contributed by atoms with Gasteiger partial charge in [0, 0.05) is 5.56 Å². The third-order valence-electron chi connectivity index (χ3n) is 4.11. The molecule has 9 heteroatoms. The summed E-state index contributed by atoms with van der Waals surface area (Å²) in [6, 6.07) is 19.2. The zero-order valence-corrected chi connectivity index (χ0v) is 16.0. The molecular weight excluding hydrogens is 396 g/mol. The van der Waals surface area contributed by atoms with Gasteiger partial charge in [-0.05, 0) is 18.2 Å². The van der Waals surface area contributed by atoms with Crippen LogP contribution in [-0.4, -0.2) is 30.0 Å². The summed E-state index contributed by atoms with van der Waals surface area (Å²) in [4.78, 5) is 0.684. The van der Waals surface area contributed by atoms with Gasteiger partial charge in [0.1, 0.15) is 18.1 Å². The molecule has 0 radical (unpaired) electrons. The van der Waals surface area contributed by atoms with Gasteiger partial charge in [-0.2, -0.15) is 14.7 Å². The van der Waals surface area contributed by atoms with E-state index >= 15 is 0 Å². The summed E-state index contributed by atoms with van der Waals surface area (Å²) in [5, 5.41) is 21.7. The van der Waals surface area contributed by atoms with Crippen LogP contribution in [-0.2, 0) is 6.61 Å². The first-order chi connectivity index (χ1) is 13.8. The maximum Gasteiger partial charge on any atom is 0.235 e. The third-order valence-corrected chi connectivity index (χ3v) is 5.29. The topological polar surface area (TPSA) is 81.0 Å². The van der Waals surface area contributed by atoms with Gasteiger partial charge < -0.3 is 4.74 Å². The smallest absolute Gasteiger partial charge is 0.235 e. The number of benzene rings is 2. The van der Waals surface area contributed by atoms with E-state index in [1.54, 1.807) is 10.6 Å². The van der Waals surface area contributed by atoms with Crippen LogP contribution in [0.3, 0.4) is 0 Å². The molecule has 0 bridgehead atoms. The van der Waals surface area contributed by atoms with E-state index in [0.717, 1.165) is 22.0 Å². The third kappa shape index (κ3) is 3.12. The minimum absolute atomic E-state index is 0.301. The number of aromatic amines is 1. The fraction of sp³-hybridized carbons (Fsp3) is 0.0526. The summed E-state index contributed by atoms with van der Waals surface area (Å²) in [6.45, 7) is 0.301. The SMILES string of the molecule is Clc1ccccc1OCc1nn2c(-c3cc(-c4ccccc4)n[nH]3)nnc2s1. The molecule has 0 aliphatic heterocycles. The van der Waals surface area contributed by atoms with Gasteiger partial charge >= 0.3 is 0 Å². The Kier molecular flexibility index (Phi) is 4.27. The number of para-hydroxylation sites is 1. The molecule has 0 saturated heterocycles. The molecule has 0 amide bonds. The van der Waals surface area contributed by atoms with E-state index in [1.807, 2.05) is 54.6 Å². The van der Waals surface area contributed by atoms with Crippen molar-refractivity contribution in [2.75, 3.05) is 0 Å². The molecule has 0 spiro atoms. The lowest BCUT2D eigenvalue weighted by Gasteiger charge is -2.04. The zero-order chi connectivity index (χ0) is 18.9. The van der Waals surface area contributed by atoms with Crippen molar-refractivity contribution in [2.45, 2.75) is 6.61 Å². The van der Waals surface area contributed by atoms with Crippen molar-refractivity contribution in [3.05, 3.63) is 70.7 Å². The molecule has 7 nitrogen and oxygen atoms in total. The van der Waals surface area contributed by atoms with E-state index in [0.29, 0.717) is 28.2 Å². The molecule has 138 valence electrons. The average Bonchev–Trinajstić information content (AvgIpc) is 3.43. The van der Waals surface area contributed by atoms with Gasteiger partial charge in [-0.25, -0.2) is 0 Å². The van der Waals surface area contributed by atoms with Crippen LogP contribution in [0.25, 0.3) is 27.7 Å². The van der Waals surface area contributed by atoms with Crippen LogP contribution < -0.4 is 4.74 Å². The van der Waals surface area contributed by atoms with Crippen molar-refractivity contribution in [1.29, 1.82) is 0 Å². The van der Waals surface area contributed by atoms with Crippen molar-refractivity contribution in [3.63, 3.8) is 0 Å². The first-order valence-electron chi connectivity index (χ1n) is 8.47. The highest BCUT2D eigenvalue weighted by Crippen LogP contribution is 2.27. The maximum absolute atomic E-state index is 6.13. The van der Waals surface area contributed by atoms with Crippen molar-refractivity contribution in [3.8, 4) is 28.5 Å². The fourth-order valence-corrected chi connectivity index (χ4v) is 3.71. The summed E-state index contributed by atoms with van der Waals surface area (Å²) < 4.78 is 7.46. The summed E-state index contributed by atoms with van der Waals surface area (Å²) >= 11 is 7.54. The highest BCUT2D eigenvalue weighted by atomic mass is 35.5. The number of nitrogens with zero attached hydrogens (tertiary/aromatic N) is 5. The van der Waals surface area contributed by atoms with Crippen LogP contribution in [0.2, 0.25) is 5.02 Å². The second-order valence-electron chi connectivity index (χ2n) is 5.97. The second-order valence-corrected chi connectivity index (χ2v) is 7.41. The Morgan fingerprint density at radius 3 is 2.71 bits per heavy atom. The second kappa shape index (κ2) is 7.06. The Balaban J connectivity index is 1.41. The van der Waals surface area contributed by atoms with Gasteiger partial charge in [0.2, 0.25) is 10.8 Å². The number of aromatic nitrogens is 6. The van der Waals surface area contributed by atoms with Crippen LogP contribution >= 0.6 is 22.9 Å². The number of nitrogens with one attached hydrogen (secondary N) is 1. The Labute approximate surface area is 168 Å². The highest BCUT2D eigenvalue weighted by molar-refractivity contribution is 7.16. The van der Waals surface area contributed by atoms with E-state index in [-0.39, 0.29) is 0 Å². The molecule has 2 aromatic carbocycles. The first-order valence-corrected chi connectivity index (χ1v) is 9.67. The lowest BCUT2D eigenvalue weighted by Crippen LogP contribution is -1.98. The fourth-order valence-electron chi connectivity index (χ4n) is 2.78. The number of halogens is 1. The number of ether oxygens (including phenoxy) is 1. The Bertz CT molecular complexity index is 1250. The van der Waals surface area contributed by atoms with Crippen molar-refractivity contribution < 1.29 is 4.74 Å². The quantitative estimate of drug-likeness (QED) is 0.464. The minimum atomic E-state index is 0.301. The number of hydrogen-bond acceptors (Lipinski definition) is 6. The number of fused-ring (bicyclic) bond motifs is 1. The maximum atomic E-state index is 6.13. The van der Waals surface area contributed by atoms with Crippen molar-refractivity contribution in [1.82, 2.24) is 30.0 Å². The lowest BCUT2D eigenvalue weighted by atomic mass is 10.1. The molecule has 5 aromatic rings. The molecule has 28 heavy (non-hydrogen) atoms. The molecule has 0 aliphatic carbocycles. The van der Waals surface area contributed by atoms with Gasteiger partial charge in [-0.15, -0.1) is 10.2 Å². The van der Waals surface area contributed by atoms with E-state index in [1.165, 1.54) is 11.3 Å². The van der Waals surface area contributed by atoms with Gasteiger partial charge in [0.25, 0.3) is 0 Å². The van der Waals surface area contributed by atoms with Crippen LogP contribution in [0.5, 0.6) is 5.75 Å². The van der Waals surface area contributed by atoms with E-state index in [9.17, 15) is 0 Å². The standard InChI is InChI=1S/C19H13ClN6OS/c20-13-8-4-5-9-16(13)27-11-17-25-26-18(23-24-19(26)28-17)15-10-14(21-22-15)12-6-2-1-3-7-12/h1-10H,11H2,(H,21,22). The van der Waals surface area contributed by atoms with Gasteiger partial charge in [0.05, 0.1) is 10.7 Å². The first kappa shape index (κ1) is 16.9. The summed E-state index contributed by atoms with van der Waals surface area (Å²) in [6.07, 6.45) is 0. The monoisotopic (exact) mass is 408 g/mol. The van der Waals surface area contributed by atoms with Crippen LogP contribution in [0, 0.1) is 0 Å². The molecule has 3 aromatic heterocycles. The minimum Gasteiger partial charge on any atom is -0.485 e. The molecule has 5 rings (SSSR count). The number of hydrogen-bond donors (Lipinski definition) is 1. The van der Waals surface area contributed by atoms with Gasteiger partial charge in [-0.3, -0.25) is 5.10 Å². The van der Waals surface area contributed by atoms with Crippen molar-refractivity contribution >= 4 is 27.9 Å². The predicted octanol–water partition coefficient (Wildman–Crippen LogP) is 4.48. The lowest BCUT2D eigenvalue weighted by molar-refractivity contribution is 0.304. The molecular formula is C19H13ClN6OS. The van der Waals surface area contributed by atoms with E-state index in [2.05, 4.69) is 25.5 Å². The molecule has 0 aliphatic rings. The highest BCUT2D eigenvalue weighted by Gasteiger charge is 2.16. The molecule has 0 atom stereocenters. The van der Waals surface area contributed by atoms with Crippen LogP contribution in [0.4, 0.5) is 0 Å². The summed E-state index contributed by atoms with van der Waals surface area (Å²) in [5.41, 5.74) is 2.61.